The van der Waals surface area contributed by atoms with Crippen molar-refractivity contribution in [2.45, 2.75) is 32.7 Å². The van der Waals surface area contributed by atoms with Crippen molar-refractivity contribution < 1.29 is 19.7 Å². The summed E-state index contributed by atoms with van der Waals surface area (Å²) in [4.78, 5) is 4.76. The number of hydrogen-bond acceptors (Lipinski definition) is 5. The highest BCUT2D eigenvalue weighted by Crippen LogP contribution is 2.17. The van der Waals surface area contributed by atoms with E-state index in [2.05, 4.69) is 14.7 Å². The molecule has 0 aliphatic carbocycles. The number of rotatable bonds is 2. The predicted octanol–water partition coefficient (Wildman–Crippen LogP) is -0.472. The lowest BCUT2D eigenvalue weighted by molar-refractivity contribution is -0.827. The van der Waals surface area contributed by atoms with Crippen molar-refractivity contribution in [3.63, 3.8) is 0 Å². The van der Waals surface area contributed by atoms with Crippen LogP contribution < -0.4 is 5.11 Å². The van der Waals surface area contributed by atoms with E-state index < -0.39 is 5.91 Å². The predicted molar refractivity (Wildman–Crippen MR) is 38.5 cm³/mol. The molecule has 7 nitrogen and oxygen atoms in total. The number of hydroxylamine groups is 1. The normalized spacial score (nSPS) is 30.2. The third-order valence-electron chi connectivity index (χ3n) is 1.33. The molecule has 1 aliphatic heterocycles. The van der Waals surface area contributed by atoms with Crippen LogP contribution in [0.1, 0.15) is 20.8 Å². The van der Waals surface area contributed by atoms with Crippen molar-refractivity contribution in [2.24, 2.45) is 5.11 Å². The van der Waals surface area contributed by atoms with Gasteiger partial charge < -0.3 is 15.1 Å². The Morgan fingerprint density at radius 1 is 1.62 bits per heavy atom. The number of hydrazine groups is 1. The Morgan fingerprint density at radius 2 is 2.23 bits per heavy atom. The van der Waals surface area contributed by atoms with E-state index in [1.165, 1.54) is 6.92 Å². The Hall–Kier alpha value is -0.920. The van der Waals surface area contributed by atoms with E-state index in [9.17, 15) is 10.3 Å². The maximum absolute atomic E-state index is 11.3. The monoisotopic (exact) mass is 190 g/mol. The first-order valence-electron chi connectivity index (χ1n) is 3.89. The van der Waals surface area contributed by atoms with Gasteiger partial charge in [-0.1, -0.05) is 0 Å². The average Bonchev–Trinajstić information content (AvgIpc) is 2.27. The van der Waals surface area contributed by atoms with Crippen LogP contribution >= 0.6 is 0 Å². The summed E-state index contributed by atoms with van der Waals surface area (Å²) in [6.45, 7) is 4.38. The summed E-state index contributed by atoms with van der Waals surface area (Å²) < 4.78 is 4.60. The van der Waals surface area contributed by atoms with Gasteiger partial charge in [0.2, 0.25) is 0 Å². The molecule has 0 saturated carbocycles. The van der Waals surface area contributed by atoms with Gasteiger partial charge in [-0.3, -0.25) is 0 Å². The van der Waals surface area contributed by atoms with Crippen LogP contribution in [0.4, 0.5) is 0 Å². The molecule has 0 spiro atoms. The van der Waals surface area contributed by atoms with Crippen molar-refractivity contribution in [3.8, 4) is 0 Å². The molecule has 0 bridgehead atoms. The summed E-state index contributed by atoms with van der Waals surface area (Å²) in [6.07, 6.45) is 0. The Balaban J connectivity index is 2.71. The maximum atomic E-state index is 11.3. The first-order chi connectivity index (χ1) is 5.93. The van der Waals surface area contributed by atoms with Gasteiger partial charge >= 0.3 is 0 Å². The fraction of sp³-hybridized carbons (Fsp3) is 1.00. The van der Waals surface area contributed by atoms with Crippen LogP contribution in [0.25, 0.3) is 0 Å². The number of ether oxygens (including phenoxy) is 1. The zero-order chi connectivity index (χ0) is 10.1. The SMILES string of the molecule is CC(C)N=[N+]([O-])N1OCOC1(C)[O-]. The lowest BCUT2D eigenvalue weighted by Crippen LogP contribution is -2.55. The topological polar surface area (TPSA) is 83.2 Å². The molecule has 1 rings (SSSR count). The number of hydrogen-bond donors (Lipinski definition) is 0. The molecule has 13 heavy (non-hydrogen) atoms. The average molecular weight is 190 g/mol. The van der Waals surface area contributed by atoms with E-state index in [0.717, 1.165) is 0 Å². The summed E-state index contributed by atoms with van der Waals surface area (Å²) in [5, 5.41) is 26.6. The highest BCUT2D eigenvalue weighted by atomic mass is 16.9. The summed E-state index contributed by atoms with van der Waals surface area (Å²) in [6, 6.07) is -0.211. The Bertz CT molecular complexity index is 216. The van der Waals surface area contributed by atoms with Gasteiger partial charge in [-0.2, -0.15) is 4.84 Å². The molecule has 76 valence electrons. The Morgan fingerprint density at radius 3 is 2.62 bits per heavy atom. The molecule has 7 heteroatoms. The molecular formula is C6H12N3O4-. The molecule has 0 N–H and O–H groups in total. The molecule has 1 unspecified atom stereocenters. The molecule has 1 heterocycles. The zero-order valence-electron chi connectivity index (χ0n) is 7.76. The fourth-order valence-corrected chi connectivity index (χ4v) is 0.807. The van der Waals surface area contributed by atoms with Crippen LogP contribution in [-0.4, -0.2) is 28.9 Å². The molecule has 0 amide bonds. The van der Waals surface area contributed by atoms with Crippen molar-refractivity contribution in [1.29, 1.82) is 0 Å². The van der Waals surface area contributed by atoms with Crippen molar-refractivity contribution in [1.82, 2.24) is 5.17 Å². The largest absolute Gasteiger partial charge is 0.806 e. The minimum Gasteiger partial charge on any atom is -0.806 e. The van der Waals surface area contributed by atoms with Crippen LogP contribution in [-0.2, 0) is 9.57 Å². The quantitative estimate of drug-likeness (QED) is 0.334. The number of nitrogens with zero attached hydrogens (tertiary/aromatic N) is 3. The second-order valence-corrected chi connectivity index (χ2v) is 3.02. The van der Waals surface area contributed by atoms with E-state index in [-0.39, 0.29) is 17.8 Å². The summed E-state index contributed by atoms with van der Waals surface area (Å²) >= 11 is 0. The van der Waals surface area contributed by atoms with Crippen LogP contribution in [0.15, 0.2) is 5.11 Å². The first-order valence-corrected chi connectivity index (χ1v) is 3.89. The zero-order valence-corrected chi connectivity index (χ0v) is 7.76. The van der Waals surface area contributed by atoms with Crippen molar-refractivity contribution in [2.75, 3.05) is 6.79 Å². The maximum Gasteiger partial charge on any atom is 0.180 e. The fourth-order valence-electron chi connectivity index (χ4n) is 0.807. The molecule has 1 saturated heterocycles. The summed E-state index contributed by atoms with van der Waals surface area (Å²) in [5.41, 5.74) is 0. The smallest absolute Gasteiger partial charge is 0.180 e. The minimum atomic E-state index is -2.00. The first kappa shape index (κ1) is 10.2. The van der Waals surface area contributed by atoms with Crippen LogP contribution in [0.5, 0.6) is 0 Å². The van der Waals surface area contributed by atoms with E-state index in [0.29, 0.717) is 5.17 Å². The third-order valence-corrected chi connectivity index (χ3v) is 1.33. The van der Waals surface area contributed by atoms with Gasteiger partial charge in [-0.05, 0) is 20.8 Å². The van der Waals surface area contributed by atoms with Gasteiger partial charge in [-0.25, -0.2) is 0 Å². The molecule has 0 aromatic rings. The molecule has 1 atom stereocenters. The second kappa shape index (κ2) is 3.44. The molecular weight excluding hydrogens is 178 g/mol. The van der Waals surface area contributed by atoms with E-state index >= 15 is 0 Å². The van der Waals surface area contributed by atoms with Crippen LogP contribution in [0.3, 0.4) is 0 Å². The van der Waals surface area contributed by atoms with Gasteiger partial charge in [0, 0.05) is 10.3 Å². The molecule has 0 aromatic heterocycles. The van der Waals surface area contributed by atoms with Crippen molar-refractivity contribution >= 4 is 0 Å². The Labute approximate surface area is 75.7 Å². The lowest BCUT2D eigenvalue weighted by Gasteiger charge is -2.31. The standard InChI is InChI=1S/C6H12N3O4/c1-5(2)7-9(11)8-6(3,10)12-4-13-8/h5H,4H2,1-3H3/q-1. The highest BCUT2D eigenvalue weighted by molar-refractivity contribution is 4.47. The highest BCUT2D eigenvalue weighted by Gasteiger charge is 2.36. The van der Waals surface area contributed by atoms with Gasteiger partial charge in [-0.15, -0.1) is 0 Å². The van der Waals surface area contributed by atoms with Crippen molar-refractivity contribution in [3.05, 3.63) is 5.21 Å². The lowest BCUT2D eigenvalue weighted by atomic mass is 10.4. The van der Waals surface area contributed by atoms with E-state index in [1.54, 1.807) is 13.8 Å². The van der Waals surface area contributed by atoms with Crippen LogP contribution in [0.2, 0.25) is 0 Å². The molecule has 0 aromatic carbocycles. The van der Waals surface area contributed by atoms with Gasteiger partial charge in [0.15, 0.2) is 12.7 Å². The molecule has 1 aliphatic rings. The molecule has 0 radical (unpaired) electrons. The summed E-state index contributed by atoms with van der Waals surface area (Å²) in [5.74, 6) is -2.00. The van der Waals surface area contributed by atoms with Gasteiger partial charge in [0.25, 0.3) is 0 Å². The third kappa shape index (κ3) is 2.27. The van der Waals surface area contributed by atoms with Crippen LogP contribution in [0, 0.1) is 5.21 Å². The molecule has 1 fully saturated rings. The summed E-state index contributed by atoms with van der Waals surface area (Å²) in [7, 11) is 0. The second-order valence-electron chi connectivity index (χ2n) is 3.02. The van der Waals surface area contributed by atoms with Gasteiger partial charge in [0.05, 0.1) is 4.97 Å². The minimum absolute atomic E-state index is 0.116. The Kier molecular flexibility index (Phi) is 2.69. The van der Waals surface area contributed by atoms with E-state index in [4.69, 9.17) is 0 Å². The van der Waals surface area contributed by atoms with Gasteiger partial charge in [0.1, 0.15) is 6.04 Å². The van der Waals surface area contributed by atoms with E-state index in [1.807, 2.05) is 0 Å².